The molecule has 80 valence electrons. The predicted octanol–water partition coefficient (Wildman–Crippen LogP) is 1.27. The molecule has 3 fully saturated rings. The largest absolute Gasteiger partial charge is 0.298 e. The summed E-state index contributed by atoms with van der Waals surface area (Å²) in [5.74, 6) is 2.74. The van der Waals surface area contributed by atoms with Gasteiger partial charge in [0.05, 0.1) is 0 Å². The van der Waals surface area contributed by atoms with Crippen LogP contribution in [0.25, 0.3) is 0 Å². The van der Waals surface area contributed by atoms with Crippen LogP contribution in [0.2, 0.25) is 0 Å². The van der Waals surface area contributed by atoms with Crippen LogP contribution < -0.4 is 0 Å². The van der Waals surface area contributed by atoms with E-state index in [0.717, 1.165) is 12.1 Å². The van der Waals surface area contributed by atoms with Gasteiger partial charge in [0.15, 0.2) is 0 Å². The first kappa shape index (κ1) is 9.49. The Bertz CT molecular complexity index is 167. The Morgan fingerprint density at radius 2 is 1.79 bits per heavy atom. The van der Waals surface area contributed by atoms with Gasteiger partial charge in [-0.25, -0.2) is 0 Å². The summed E-state index contributed by atoms with van der Waals surface area (Å²) < 4.78 is 0. The minimum Gasteiger partial charge on any atom is -0.298 e. The lowest BCUT2D eigenvalue weighted by atomic mass is 9.97. The van der Waals surface area contributed by atoms with Crippen LogP contribution in [0.3, 0.4) is 0 Å². The van der Waals surface area contributed by atoms with Gasteiger partial charge in [-0.05, 0) is 19.4 Å². The molecule has 3 aliphatic rings. The highest BCUT2D eigenvalue weighted by molar-refractivity contribution is 7.99. The Balaban J connectivity index is 1.68. The van der Waals surface area contributed by atoms with Gasteiger partial charge in [0.2, 0.25) is 0 Å². The van der Waals surface area contributed by atoms with Gasteiger partial charge in [-0.2, -0.15) is 11.8 Å². The van der Waals surface area contributed by atoms with Crippen molar-refractivity contribution in [2.75, 3.05) is 37.7 Å². The quantitative estimate of drug-likeness (QED) is 0.597. The van der Waals surface area contributed by atoms with Gasteiger partial charge in [-0.3, -0.25) is 9.80 Å². The molecule has 3 aliphatic heterocycles. The zero-order valence-corrected chi connectivity index (χ0v) is 9.64. The molecule has 0 saturated carbocycles. The van der Waals surface area contributed by atoms with Crippen molar-refractivity contribution in [3.63, 3.8) is 0 Å². The first-order chi connectivity index (χ1) is 6.93. The normalized spacial score (nSPS) is 40.3. The van der Waals surface area contributed by atoms with Crippen molar-refractivity contribution in [2.24, 2.45) is 0 Å². The minimum atomic E-state index is 0.878. The molecule has 0 amide bonds. The Morgan fingerprint density at radius 1 is 0.929 bits per heavy atom. The van der Waals surface area contributed by atoms with E-state index >= 15 is 0 Å². The third-order valence-corrected chi connectivity index (χ3v) is 5.08. The Hall–Kier alpha value is 0.270. The van der Waals surface area contributed by atoms with E-state index in [1.54, 1.807) is 0 Å². The zero-order chi connectivity index (χ0) is 9.38. The molecule has 3 saturated heterocycles. The molecule has 0 aliphatic carbocycles. The molecule has 3 heterocycles. The third kappa shape index (κ3) is 1.70. The second kappa shape index (κ2) is 4.03. The van der Waals surface area contributed by atoms with E-state index in [2.05, 4.69) is 21.6 Å². The number of nitrogens with zero attached hydrogens (tertiary/aromatic N) is 2. The Morgan fingerprint density at radius 3 is 2.79 bits per heavy atom. The summed E-state index contributed by atoms with van der Waals surface area (Å²) in [6.45, 7) is 5.45. The summed E-state index contributed by atoms with van der Waals surface area (Å²) in [6, 6.07) is 1.78. The summed E-state index contributed by atoms with van der Waals surface area (Å²) in [7, 11) is 0. The second-order valence-corrected chi connectivity index (χ2v) is 6.02. The number of rotatable bonds is 0. The van der Waals surface area contributed by atoms with E-state index in [0.29, 0.717) is 0 Å². The fraction of sp³-hybridized carbons (Fsp3) is 1.00. The number of hydrogen-bond acceptors (Lipinski definition) is 3. The molecule has 0 bridgehead atoms. The maximum absolute atomic E-state index is 2.76. The van der Waals surface area contributed by atoms with Crippen LogP contribution in [0, 0.1) is 0 Å². The lowest BCUT2D eigenvalue weighted by Crippen LogP contribution is -2.61. The number of piperazine rings is 1. The number of hydrogen-bond donors (Lipinski definition) is 0. The average molecular weight is 212 g/mol. The van der Waals surface area contributed by atoms with Crippen molar-refractivity contribution in [1.29, 1.82) is 0 Å². The van der Waals surface area contributed by atoms with Gasteiger partial charge >= 0.3 is 0 Å². The topological polar surface area (TPSA) is 6.48 Å². The molecule has 3 heteroatoms. The van der Waals surface area contributed by atoms with Gasteiger partial charge in [0.25, 0.3) is 0 Å². The molecule has 3 rings (SSSR count). The first-order valence-electron chi connectivity index (χ1n) is 5.99. The smallest absolute Gasteiger partial charge is 0.0314 e. The monoisotopic (exact) mass is 212 g/mol. The fourth-order valence-corrected chi connectivity index (χ4v) is 4.26. The predicted molar refractivity (Wildman–Crippen MR) is 61.9 cm³/mol. The number of thioether (sulfide) groups is 1. The van der Waals surface area contributed by atoms with E-state index in [-0.39, 0.29) is 0 Å². The highest BCUT2D eigenvalue weighted by Crippen LogP contribution is 2.27. The Kier molecular flexibility index (Phi) is 2.73. The molecular formula is C11H20N2S. The number of piperidine rings is 1. The van der Waals surface area contributed by atoms with Gasteiger partial charge in [0, 0.05) is 43.2 Å². The maximum atomic E-state index is 2.76. The molecule has 0 aromatic carbocycles. The summed E-state index contributed by atoms with van der Waals surface area (Å²) in [6.07, 6.45) is 4.36. The molecule has 2 unspecified atom stereocenters. The van der Waals surface area contributed by atoms with E-state index in [4.69, 9.17) is 0 Å². The average Bonchev–Trinajstić information content (AvgIpc) is 2.26. The molecule has 2 nitrogen and oxygen atoms in total. The lowest BCUT2D eigenvalue weighted by Gasteiger charge is -2.50. The van der Waals surface area contributed by atoms with Crippen LogP contribution in [0.5, 0.6) is 0 Å². The van der Waals surface area contributed by atoms with Gasteiger partial charge in [-0.15, -0.1) is 0 Å². The van der Waals surface area contributed by atoms with Crippen LogP contribution in [0.15, 0.2) is 0 Å². The van der Waals surface area contributed by atoms with Gasteiger partial charge < -0.3 is 0 Å². The standard InChI is InChI=1S/C11H20N2S/c1-2-4-12-8-11-9-14-6-5-13(11)7-10(12)3-1/h10-11H,1-9H2. The molecule has 14 heavy (non-hydrogen) atoms. The summed E-state index contributed by atoms with van der Waals surface area (Å²) >= 11 is 2.15. The highest BCUT2D eigenvalue weighted by atomic mass is 32.2. The summed E-state index contributed by atoms with van der Waals surface area (Å²) in [5.41, 5.74) is 0. The maximum Gasteiger partial charge on any atom is 0.0314 e. The van der Waals surface area contributed by atoms with Crippen LogP contribution >= 0.6 is 11.8 Å². The van der Waals surface area contributed by atoms with Crippen LogP contribution in [-0.2, 0) is 0 Å². The zero-order valence-electron chi connectivity index (χ0n) is 8.82. The molecule has 0 N–H and O–H groups in total. The molecule has 0 spiro atoms. The minimum absolute atomic E-state index is 0.878. The third-order valence-electron chi connectivity index (χ3n) is 3.99. The highest BCUT2D eigenvalue weighted by Gasteiger charge is 2.35. The summed E-state index contributed by atoms with van der Waals surface area (Å²) in [4.78, 5) is 5.51. The molecule has 0 radical (unpaired) electrons. The molecule has 2 atom stereocenters. The van der Waals surface area contributed by atoms with Crippen molar-refractivity contribution in [1.82, 2.24) is 9.80 Å². The van der Waals surface area contributed by atoms with E-state index < -0.39 is 0 Å². The second-order valence-electron chi connectivity index (χ2n) is 4.87. The molecular weight excluding hydrogens is 192 g/mol. The van der Waals surface area contributed by atoms with Crippen molar-refractivity contribution in [2.45, 2.75) is 31.3 Å². The lowest BCUT2D eigenvalue weighted by molar-refractivity contribution is 0.0183. The van der Waals surface area contributed by atoms with Crippen LogP contribution in [-0.4, -0.2) is 59.6 Å². The Labute approximate surface area is 91.0 Å². The van der Waals surface area contributed by atoms with Gasteiger partial charge in [0.1, 0.15) is 0 Å². The van der Waals surface area contributed by atoms with Crippen molar-refractivity contribution >= 4 is 11.8 Å². The molecule has 0 aromatic rings. The van der Waals surface area contributed by atoms with Gasteiger partial charge in [-0.1, -0.05) is 6.42 Å². The van der Waals surface area contributed by atoms with E-state index in [1.165, 1.54) is 56.9 Å². The van der Waals surface area contributed by atoms with E-state index in [1.807, 2.05) is 0 Å². The van der Waals surface area contributed by atoms with Crippen LogP contribution in [0.4, 0.5) is 0 Å². The van der Waals surface area contributed by atoms with Crippen molar-refractivity contribution in [3.8, 4) is 0 Å². The SMILES string of the molecule is C1CCN2CC3CSCCN3CC2C1. The van der Waals surface area contributed by atoms with E-state index in [9.17, 15) is 0 Å². The van der Waals surface area contributed by atoms with Crippen LogP contribution in [0.1, 0.15) is 19.3 Å². The number of fused-ring (bicyclic) bond motifs is 2. The summed E-state index contributed by atoms with van der Waals surface area (Å²) in [5, 5.41) is 0. The van der Waals surface area contributed by atoms with Crippen molar-refractivity contribution in [3.05, 3.63) is 0 Å². The van der Waals surface area contributed by atoms with Crippen molar-refractivity contribution < 1.29 is 0 Å². The molecule has 0 aromatic heterocycles. The fourth-order valence-electron chi connectivity index (χ4n) is 3.15. The first-order valence-corrected chi connectivity index (χ1v) is 7.15.